The van der Waals surface area contributed by atoms with E-state index in [0.29, 0.717) is 46.5 Å². The first-order chi connectivity index (χ1) is 20.6. The second-order valence-corrected chi connectivity index (χ2v) is 10.3. The van der Waals surface area contributed by atoms with Crippen molar-refractivity contribution < 1.29 is 37.7 Å². The van der Waals surface area contributed by atoms with Crippen LogP contribution in [0.1, 0.15) is 25.0 Å². The number of nitrogens with zero attached hydrogens (tertiary/aromatic N) is 1. The molecule has 43 heavy (non-hydrogen) atoms. The average molecular weight is 584 g/mol. The minimum absolute atomic E-state index is 0.135. The summed E-state index contributed by atoms with van der Waals surface area (Å²) >= 11 is 0. The predicted octanol–water partition coefficient (Wildman–Crippen LogP) is 5.82. The Hall–Kier alpha value is -5.25. The molecular weight excluding hydrogens is 554 g/mol. The monoisotopic (exact) mass is 583 g/mol. The topological polar surface area (TPSA) is 115 Å². The highest BCUT2D eigenvalue weighted by molar-refractivity contribution is 6.17. The van der Waals surface area contributed by atoms with Crippen molar-refractivity contribution in [2.75, 3.05) is 21.3 Å². The number of ether oxygens (including phenoxy) is 5. The quantitative estimate of drug-likeness (QED) is 0.138. The highest BCUT2D eigenvalue weighted by Gasteiger charge is 2.31. The van der Waals surface area contributed by atoms with Crippen molar-refractivity contribution in [2.45, 2.75) is 33.7 Å². The van der Waals surface area contributed by atoms with Gasteiger partial charge in [-0.05, 0) is 54.3 Å². The smallest absolute Gasteiger partial charge is 0.361 e. The molecule has 10 nitrogen and oxygen atoms in total. The van der Waals surface area contributed by atoms with E-state index in [-0.39, 0.29) is 17.1 Å². The third-order valence-corrected chi connectivity index (χ3v) is 7.65. The standard InChI is InChI=1S/C33H29NO9/c1-16-7-8-20(12-23(16)38-4)29-30-22-14-26(40-6)28(42-18(3)36)15-24(22)43-33(37)32(30)34-10-9-19-11-25(39-5)27(41-17(2)35)13-21(19)31(29)34/h7-8,11-15H,9-10H2,1-6H3. The number of esters is 2. The number of carbonyl (C=O) groups is 2. The highest BCUT2D eigenvalue weighted by atomic mass is 16.6. The van der Waals surface area contributed by atoms with Crippen LogP contribution in [-0.2, 0) is 22.6 Å². The SMILES string of the molecule is COc1cc(-c2c3n(c4c(=O)oc5cc(OC(C)=O)c(OC)cc5c24)CCc2cc(OC)c(OC(C)=O)cc2-3)ccc1C. The zero-order valence-electron chi connectivity index (χ0n) is 24.6. The van der Waals surface area contributed by atoms with E-state index in [4.69, 9.17) is 28.1 Å². The molecule has 0 fully saturated rings. The predicted molar refractivity (Wildman–Crippen MR) is 160 cm³/mol. The summed E-state index contributed by atoms with van der Waals surface area (Å²) in [4.78, 5) is 37.5. The normalized spacial score (nSPS) is 12.0. The molecule has 0 aliphatic carbocycles. The van der Waals surface area contributed by atoms with Gasteiger partial charge in [-0.25, -0.2) is 4.79 Å². The van der Waals surface area contributed by atoms with Crippen molar-refractivity contribution >= 4 is 33.8 Å². The fourth-order valence-corrected chi connectivity index (χ4v) is 5.87. The number of aryl methyl sites for hydroxylation is 3. The minimum atomic E-state index is -0.551. The van der Waals surface area contributed by atoms with Gasteiger partial charge in [0, 0.05) is 48.4 Å². The van der Waals surface area contributed by atoms with E-state index >= 15 is 0 Å². The summed E-state index contributed by atoms with van der Waals surface area (Å²) < 4.78 is 35.5. The van der Waals surface area contributed by atoms with Crippen LogP contribution in [0.3, 0.4) is 0 Å². The number of methoxy groups -OCH3 is 3. The third-order valence-electron chi connectivity index (χ3n) is 7.65. The Morgan fingerprint density at radius 1 is 0.814 bits per heavy atom. The third kappa shape index (κ3) is 4.55. The summed E-state index contributed by atoms with van der Waals surface area (Å²) in [6, 6.07) is 12.7. The van der Waals surface area contributed by atoms with E-state index in [1.165, 1.54) is 34.1 Å². The Morgan fingerprint density at radius 3 is 2.12 bits per heavy atom. The van der Waals surface area contributed by atoms with E-state index in [1.807, 2.05) is 35.8 Å². The molecule has 0 bridgehead atoms. The number of carbonyl (C=O) groups excluding carboxylic acids is 2. The van der Waals surface area contributed by atoms with Gasteiger partial charge >= 0.3 is 17.6 Å². The lowest BCUT2D eigenvalue weighted by atomic mass is 9.91. The number of hydrogen-bond acceptors (Lipinski definition) is 9. The van der Waals surface area contributed by atoms with Crippen LogP contribution >= 0.6 is 0 Å². The van der Waals surface area contributed by atoms with Crippen molar-refractivity contribution in [3.63, 3.8) is 0 Å². The fraction of sp³-hybridized carbons (Fsp3) is 0.242. The van der Waals surface area contributed by atoms with Gasteiger partial charge in [0.25, 0.3) is 0 Å². The van der Waals surface area contributed by atoms with Crippen molar-refractivity contribution in [1.82, 2.24) is 4.57 Å². The molecule has 0 saturated carbocycles. The summed E-state index contributed by atoms with van der Waals surface area (Å²) in [5, 5.41) is 1.23. The summed E-state index contributed by atoms with van der Waals surface area (Å²) in [5.74, 6) is 0.796. The van der Waals surface area contributed by atoms with Gasteiger partial charge in [-0.3, -0.25) is 9.59 Å². The largest absolute Gasteiger partial charge is 0.496 e. The van der Waals surface area contributed by atoms with E-state index in [1.54, 1.807) is 19.2 Å². The first kappa shape index (κ1) is 27.9. The number of benzene rings is 3. The Bertz CT molecular complexity index is 2030. The molecule has 220 valence electrons. The molecule has 0 spiro atoms. The maximum absolute atomic E-state index is 13.8. The van der Waals surface area contributed by atoms with E-state index in [0.717, 1.165) is 33.5 Å². The Morgan fingerprint density at radius 2 is 1.47 bits per heavy atom. The van der Waals surface area contributed by atoms with Gasteiger partial charge in [0.2, 0.25) is 0 Å². The second kappa shape index (κ2) is 10.5. The minimum Gasteiger partial charge on any atom is -0.496 e. The van der Waals surface area contributed by atoms with Crippen LogP contribution in [0.25, 0.3) is 44.3 Å². The van der Waals surface area contributed by atoms with E-state index in [9.17, 15) is 14.4 Å². The van der Waals surface area contributed by atoms with Crippen LogP contribution in [-0.4, -0.2) is 37.8 Å². The van der Waals surface area contributed by atoms with Crippen LogP contribution in [0.15, 0.2) is 51.7 Å². The van der Waals surface area contributed by atoms with E-state index in [2.05, 4.69) is 0 Å². The summed E-state index contributed by atoms with van der Waals surface area (Å²) in [7, 11) is 4.60. The molecular formula is C33H29NO9. The lowest BCUT2D eigenvalue weighted by molar-refractivity contribution is -0.132. The van der Waals surface area contributed by atoms with Gasteiger partial charge in [0.1, 0.15) is 16.8 Å². The highest BCUT2D eigenvalue weighted by Crippen LogP contribution is 2.49. The van der Waals surface area contributed by atoms with Crippen molar-refractivity contribution in [3.8, 4) is 51.1 Å². The molecule has 1 aliphatic rings. The van der Waals surface area contributed by atoms with E-state index < -0.39 is 17.6 Å². The molecule has 2 aromatic heterocycles. The molecule has 3 aromatic carbocycles. The lowest BCUT2D eigenvalue weighted by Gasteiger charge is -2.23. The number of hydrogen-bond donors (Lipinski definition) is 0. The van der Waals surface area contributed by atoms with Crippen molar-refractivity contribution in [2.24, 2.45) is 0 Å². The number of rotatable bonds is 6. The van der Waals surface area contributed by atoms with Gasteiger partial charge in [-0.1, -0.05) is 12.1 Å². The second-order valence-electron chi connectivity index (χ2n) is 10.3. The molecule has 3 heterocycles. The first-order valence-corrected chi connectivity index (χ1v) is 13.6. The Labute approximate surface area is 246 Å². The van der Waals surface area contributed by atoms with Crippen LogP contribution in [0.4, 0.5) is 0 Å². The molecule has 0 radical (unpaired) electrons. The molecule has 0 amide bonds. The molecule has 0 N–H and O–H groups in total. The summed E-state index contributed by atoms with van der Waals surface area (Å²) in [6.07, 6.45) is 0.589. The first-order valence-electron chi connectivity index (χ1n) is 13.6. The zero-order chi connectivity index (χ0) is 30.6. The maximum atomic E-state index is 13.8. The van der Waals surface area contributed by atoms with Gasteiger partial charge in [-0.15, -0.1) is 0 Å². The average Bonchev–Trinajstić information content (AvgIpc) is 3.33. The summed E-state index contributed by atoms with van der Waals surface area (Å²) in [5.41, 5.74) is 5.05. The molecule has 5 aromatic rings. The van der Waals surface area contributed by atoms with Crippen LogP contribution in [0, 0.1) is 6.92 Å². The van der Waals surface area contributed by atoms with Crippen molar-refractivity contribution in [3.05, 3.63) is 64.0 Å². The number of fused-ring (bicyclic) bond motifs is 7. The molecule has 1 aliphatic heterocycles. The molecule has 0 unspecified atom stereocenters. The van der Waals surface area contributed by atoms with Crippen LogP contribution in [0.2, 0.25) is 0 Å². The summed E-state index contributed by atoms with van der Waals surface area (Å²) in [6.45, 7) is 5.05. The number of aromatic nitrogens is 1. The molecule has 0 saturated heterocycles. The van der Waals surface area contributed by atoms with Gasteiger partial charge in [0.05, 0.1) is 27.0 Å². The molecule has 10 heteroatoms. The zero-order valence-corrected chi connectivity index (χ0v) is 24.6. The van der Waals surface area contributed by atoms with Gasteiger partial charge in [-0.2, -0.15) is 0 Å². The van der Waals surface area contributed by atoms with Gasteiger partial charge < -0.3 is 32.7 Å². The Balaban J connectivity index is 1.79. The molecule has 0 atom stereocenters. The van der Waals surface area contributed by atoms with Gasteiger partial charge in [0.15, 0.2) is 23.0 Å². The van der Waals surface area contributed by atoms with Crippen LogP contribution in [0.5, 0.6) is 28.7 Å². The lowest BCUT2D eigenvalue weighted by Crippen LogP contribution is -2.15. The van der Waals surface area contributed by atoms with Crippen LogP contribution < -0.4 is 29.3 Å². The maximum Gasteiger partial charge on any atom is 0.361 e. The van der Waals surface area contributed by atoms with Crippen molar-refractivity contribution in [1.29, 1.82) is 0 Å². The Kier molecular flexibility index (Phi) is 6.84. The molecule has 6 rings (SSSR count). The fourth-order valence-electron chi connectivity index (χ4n) is 5.87.